The van der Waals surface area contributed by atoms with E-state index in [0.29, 0.717) is 21.9 Å². The predicted octanol–water partition coefficient (Wildman–Crippen LogP) is 5.82. The second-order valence-electron chi connectivity index (χ2n) is 7.93. The van der Waals surface area contributed by atoms with E-state index in [1.165, 1.54) is 11.3 Å². The van der Waals surface area contributed by atoms with Crippen LogP contribution in [-0.2, 0) is 11.2 Å². The molecule has 0 saturated heterocycles. The molecule has 0 saturated carbocycles. The molecule has 2 aromatic carbocycles. The van der Waals surface area contributed by atoms with Gasteiger partial charge in [0.05, 0.1) is 6.61 Å². The summed E-state index contributed by atoms with van der Waals surface area (Å²) in [5.41, 5.74) is 3.92. The van der Waals surface area contributed by atoms with E-state index < -0.39 is 11.9 Å². The third-order valence-electron chi connectivity index (χ3n) is 5.51. The molecule has 0 radical (unpaired) electrons. The third kappa shape index (κ3) is 4.20. The number of nitrogens with one attached hydrogen (secondary N) is 1. The molecular weight excluding hydrogens is 452 g/mol. The highest BCUT2D eigenvalue weighted by Crippen LogP contribution is 2.37. The van der Waals surface area contributed by atoms with Gasteiger partial charge in [-0.2, -0.15) is 0 Å². The molecular formula is C26H22N2O5S. The van der Waals surface area contributed by atoms with Crippen molar-refractivity contribution in [1.82, 2.24) is 5.16 Å². The molecule has 172 valence electrons. The number of anilines is 1. The highest BCUT2D eigenvalue weighted by atomic mass is 32.1. The zero-order valence-electron chi connectivity index (χ0n) is 18.7. The van der Waals surface area contributed by atoms with Crippen molar-refractivity contribution in [2.45, 2.75) is 26.4 Å². The maximum Gasteiger partial charge on any atom is 0.341 e. The molecule has 1 atom stereocenters. The van der Waals surface area contributed by atoms with Gasteiger partial charge in [0.15, 0.2) is 11.5 Å². The van der Waals surface area contributed by atoms with E-state index in [-0.39, 0.29) is 18.4 Å². The van der Waals surface area contributed by atoms with Crippen LogP contribution in [0.25, 0.3) is 22.5 Å². The average molecular weight is 475 g/mol. The lowest BCUT2D eigenvalue weighted by Crippen LogP contribution is -2.15. The van der Waals surface area contributed by atoms with Gasteiger partial charge in [-0.1, -0.05) is 35.5 Å². The normalized spacial score (nSPS) is 14.4. The number of hydrogen-bond acceptors (Lipinski definition) is 7. The number of benzene rings is 2. The van der Waals surface area contributed by atoms with Crippen molar-refractivity contribution in [3.63, 3.8) is 0 Å². The molecule has 0 aliphatic carbocycles. The molecule has 0 bridgehead atoms. The first-order chi connectivity index (χ1) is 16.5. The standard InChI is InChI=1S/C26H22N2O5S/c1-3-31-26(30)23-19(16-7-5-4-6-8-16)14-34-25(23)27-24(29)20-13-22(33-28-20)17-9-10-21-18(12-17)11-15(2)32-21/h4-10,12-15H,3,11H2,1-2H3,(H,27,29)/t15-/m1/s1. The molecule has 2 aromatic heterocycles. The fourth-order valence-corrected chi connectivity index (χ4v) is 4.90. The maximum absolute atomic E-state index is 13.0. The van der Waals surface area contributed by atoms with Crippen LogP contribution < -0.4 is 10.1 Å². The Hall–Kier alpha value is -3.91. The molecule has 0 unspecified atom stereocenters. The van der Waals surface area contributed by atoms with Crippen LogP contribution in [-0.4, -0.2) is 29.7 Å². The van der Waals surface area contributed by atoms with E-state index in [4.69, 9.17) is 14.0 Å². The first-order valence-corrected chi connectivity index (χ1v) is 11.8. The van der Waals surface area contributed by atoms with E-state index in [0.717, 1.165) is 28.9 Å². The van der Waals surface area contributed by atoms with Crippen molar-refractivity contribution in [3.8, 4) is 28.2 Å². The van der Waals surface area contributed by atoms with Crippen molar-refractivity contribution in [3.05, 3.63) is 76.8 Å². The molecule has 0 fully saturated rings. The van der Waals surface area contributed by atoms with E-state index >= 15 is 0 Å². The topological polar surface area (TPSA) is 90.7 Å². The number of nitrogens with zero attached hydrogens (tertiary/aromatic N) is 1. The molecule has 1 aliphatic heterocycles. The molecule has 34 heavy (non-hydrogen) atoms. The monoisotopic (exact) mass is 474 g/mol. The molecule has 1 amide bonds. The van der Waals surface area contributed by atoms with Gasteiger partial charge in [-0.05, 0) is 43.2 Å². The zero-order chi connectivity index (χ0) is 23.7. The van der Waals surface area contributed by atoms with Crippen LogP contribution in [0.15, 0.2) is 64.5 Å². The number of aromatic nitrogens is 1. The summed E-state index contributed by atoms with van der Waals surface area (Å²) in [7, 11) is 0. The molecule has 8 heteroatoms. The number of thiophene rings is 1. The minimum absolute atomic E-state index is 0.115. The fraction of sp³-hybridized carbons (Fsp3) is 0.192. The number of rotatable bonds is 6. The Bertz CT molecular complexity index is 1360. The zero-order valence-corrected chi connectivity index (χ0v) is 19.5. The molecule has 1 N–H and O–H groups in total. The highest BCUT2D eigenvalue weighted by Gasteiger charge is 2.25. The Morgan fingerprint density at radius 3 is 2.76 bits per heavy atom. The summed E-state index contributed by atoms with van der Waals surface area (Å²) in [6.45, 7) is 4.00. The van der Waals surface area contributed by atoms with Crippen molar-refractivity contribution in [2.24, 2.45) is 0 Å². The van der Waals surface area contributed by atoms with E-state index in [2.05, 4.69) is 10.5 Å². The second-order valence-corrected chi connectivity index (χ2v) is 8.81. The number of ether oxygens (including phenoxy) is 2. The smallest absolute Gasteiger partial charge is 0.341 e. The third-order valence-corrected chi connectivity index (χ3v) is 6.40. The Labute approximate surface area is 200 Å². The molecule has 1 aliphatic rings. The Kier molecular flexibility index (Phi) is 5.90. The highest BCUT2D eigenvalue weighted by molar-refractivity contribution is 7.15. The number of carbonyl (C=O) groups is 2. The first-order valence-electron chi connectivity index (χ1n) is 11.0. The van der Waals surface area contributed by atoms with Crippen LogP contribution in [0.2, 0.25) is 0 Å². The van der Waals surface area contributed by atoms with Gasteiger partial charge in [-0.25, -0.2) is 4.79 Å². The molecule has 5 rings (SSSR count). The van der Waals surface area contributed by atoms with Crippen LogP contribution in [0.4, 0.5) is 5.00 Å². The van der Waals surface area contributed by atoms with Crippen molar-refractivity contribution in [2.75, 3.05) is 11.9 Å². The maximum atomic E-state index is 13.0. The lowest BCUT2D eigenvalue weighted by molar-refractivity contribution is 0.0529. The van der Waals surface area contributed by atoms with Crippen molar-refractivity contribution >= 4 is 28.2 Å². The number of esters is 1. The minimum atomic E-state index is -0.492. The van der Waals surface area contributed by atoms with Gasteiger partial charge in [0.1, 0.15) is 22.4 Å². The quantitative estimate of drug-likeness (QED) is 0.354. The first kappa shape index (κ1) is 21.9. The van der Waals surface area contributed by atoms with Crippen LogP contribution >= 0.6 is 11.3 Å². The predicted molar refractivity (Wildman–Crippen MR) is 129 cm³/mol. The fourth-order valence-electron chi connectivity index (χ4n) is 3.95. The number of amides is 1. The Balaban J connectivity index is 1.40. The van der Waals surface area contributed by atoms with Gasteiger partial charge in [0.25, 0.3) is 5.91 Å². The van der Waals surface area contributed by atoms with Gasteiger partial charge >= 0.3 is 5.97 Å². The molecule has 7 nitrogen and oxygen atoms in total. The number of hydrogen-bond donors (Lipinski definition) is 1. The van der Waals surface area contributed by atoms with E-state index in [9.17, 15) is 9.59 Å². The van der Waals surface area contributed by atoms with Gasteiger partial charge in [-0.15, -0.1) is 11.3 Å². The lowest BCUT2D eigenvalue weighted by Gasteiger charge is -2.08. The van der Waals surface area contributed by atoms with E-state index in [1.54, 1.807) is 13.0 Å². The summed E-state index contributed by atoms with van der Waals surface area (Å²) in [4.78, 5) is 25.7. The Morgan fingerprint density at radius 1 is 1.15 bits per heavy atom. The lowest BCUT2D eigenvalue weighted by atomic mass is 10.0. The SMILES string of the molecule is CCOC(=O)c1c(-c2ccccc2)csc1NC(=O)c1cc(-c2ccc3c(c2)C[C@@H](C)O3)on1. The largest absolute Gasteiger partial charge is 0.490 e. The summed E-state index contributed by atoms with van der Waals surface area (Å²) >= 11 is 1.26. The van der Waals surface area contributed by atoms with Crippen molar-refractivity contribution < 1.29 is 23.6 Å². The Morgan fingerprint density at radius 2 is 1.97 bits per heavy atom. The van der Waals surface area contributed by atoms with Gasteiger partial charge in [0, 0.05) is 29.0 Å². The summed E-state index contributed by atoms with van der Waals surface area (Å²) in [6.07, 6.45) is 0.963. The summed E-state index contributed by atoms with van der Waals surface area (Å²) in [5.74, 6) is 0.384. The number of fused-ring (bicyclic) bond motifs is 1. The molecule has 0 spiro atoms. The van der Waals surface area contributed by atoms with E-state index in [1.807, 2.05) is 60.8 Å². The van der Waals surface area contributed by atoms with Gasteiger partial charge in [0.2, 0.25) is 0 Å². The van der Waals surface area contributed by atoms with Crippen LogP contribution in [0.3, 0.4) is 0 Å². The van der Waals surface area contributed by atoms with Crippen LogP contribution in [0.5, 0.6) is 5.75 Å². The molecule has 3 heterocycles. The minimum Gasteiger partial charge on any atom is -0.490 e. The molecule has 4 aromatic rings. The van der Waals surface area contributed by atoms with Crippen molar-refractivity contribution in [1.29, 1.82) is 0 Å². The van der Waals surface area contributed by atoms with Crippen LogP contribution in [0, 0.1) is 0 Å². The van der Waals surface area contributed by atoms with Crippen LogP contribution in [0.1, 0.15) is 40.3 Å². The summed E-state index contributed by atoms with van der Waals surface area (Å²) in [6, 6.07) is 16.9. The average Bonchev–Trinajstić information content (AvgIpc) is 3.57. The second kappa shape index (κ2) is 9.15. The summed E-state index contributed by atoms with van der Waals surface area (Å²) < 4.78 is 16.4. The van der Waals surface area contributed by atoms with Gasteiger partial charge in [-0.3, -0.25) is 4.79 Å². The number of carbonyl (C=O) groups excluding carboxylic acids is 2. The van der Waals surface area contributed by atoms with Gasteiger partial charge < -0.3 is 19.3 Å². The summed E-state index contributed by atoms with van der Waals surface area (Å²) in [5, 5.41) is 8.98.